The van der Waals surface area contributed by atoms with Crippen LogP contribution in [-0.4, -0.2) is 22.8 Å². The molecule has 0 unspecified atom stereocenters. The summed E-state index contributed by atoms with van der Waals surface area (Å²) in [5.41, 5.74) is 0.851. The maximum absolute atomic E-state index is 13.2. The SMILES string of the molecule is C[C@H](c1ccc(F)c(F)c1)N(C)C(=O)c1cc(Cl)c[nH]1. The molecule has 0 aliphatic heterocycles. The molecule has 0 saturated carbocycles. The molecule has 0 spiro atoms. The summed E-state index contributed by atoms with van der Waals surface area (Å²) in [6, 6.07) is 4.70. The van der Waals surface area contributed by atoms with Crippen molar-refractivity contribution in [2.45, 2.75) is 13.0 Å². The Morgan fingerprint density at radius 2 is 2.00 bits per heavy atom. The molecule has 1 aromatic carbocycles. The fourth-order valence-corrected chi connectivity index (χ4v) is 2.02. The first-order valence-electron chi connectivity index (χ1n) is 5.96. The third kappa shape index (κ3) is 2.82. The molecule has 3 nitrogen and oxygen atoms in total. The van der Waals surface area contributed by atoms with E-state index >= 15 is 0 Å². The van der Waals surface area contributed by atoms with Crippen LogP contribution in [0.4, 0.5) is 8.78 Å². The van der Waals surface area contributed by atoms with Crippen LogP contribution in [-0.2, 0) is 0 Å². The topological polar surface area (TPSA) is 36.1 Å². The van der Waals surface area contributed by atoms with Gasteiger partial charge in [-0.1, -0.05) is 17.7 Å². The van der Waals surface area contributed by atoms with Gasteiger partial charge in [-0.2, -0.15) is 0 Å². The van der Waals surface area contributed by atoms with E-state index in [2.05, 4.69) is 4.98 Å². The molecule has 0 aliphatic carbocycles. The number of hydrogen-bond donors (Lipinski definition) is 1. The number of nitrogens with one attached hydrogen (secondary N) is 1. The van der Waals surface area contributed by atoms with Crippen LogP contribution >= 0.6 is 11.6 Å². The molecule has 1 heterocycles. The third-order valence-corrected chi connectivity index (χ3v) is 3.42. The number of amides is 1. The van der Waals surface area contributed by atoms with Crippen molar-refractivity contribution in [1.29, 1.82) is 0 Å². The normalized spacial score (nSPS) is 12.2. The smallest absolute Gasteiger partial charge is 0.270 e. The zero-order chi connectivity index (χ0) is 14.9. The van der Waals surface area contributed by atoms with E-state index in [1.807, 2.05) is 0 Å². The molecule has 0 saturated heterocycles. The van der Waals surface area contributed by atoms with Gasteiger partial charge in [0, 0.05) is 13.2 Å². The molecule has 1 N–H and O–H groups in total. The average molecular weight is 299 g/mol. The Morgan fingerprint density at radius 3 is 2.55 bits per heavy atom. The van der Waals surface area contributed by atoms with Crippen LogP contribution < -0.4 is 0 Å². The van der Waals surface area contributed by atoms with Crippen molar-refractivity contribution in [2.75, 3.05) is 7.05 Å². The lowest BCUT2D eigenvalue weighted by molar-refractivity contribution is 0.0737. The van der Waals surface area contributed by atoms with Gasteiger partial charge in [-0.05, 0) is 30.7 Å². The first-order chi connectivity index (χ1) is 9.40. The van der Waals surface area contributed by atoms with Gasteiger partial charge in [-0.15, -0.1) is 0 Å². The summed E-state index contributed by atoms with van der Waals surface area (Å²) in [7, 11) is 1.59. The number of aromatic nitrogens is 1. The molecule has 20 heavy (non-hydrogen) atoms. The van der Waals surface area contributed by atoms with Crippen molar-refractivity contribution >= 4 is 17.5 Å². The number of carbonyl (C=O) groups is 1. The fraction of sp³-hybridized carbons (Fsp3) is 0.214. The second-order valence-electron chi connectivity index (χ2n) is 4.50. The van der Waals surface area contributed by atoms with Crippen molar-refractivity contribution < 1.29 is 13.6 Å². The van der Waals surface area contributed by atoms with E-state index in [1.54, 1.807) is 14.0 Å². The number of aromatic amines is 1. The second kappa shape index (κ2) is 5.63. The minimum absolute atomic E-state index is 0.283. The number of carbonyl (C=O) groups excluding carboxylic acids is 1. The highest BCUT2D eigenvalue weighted by atomic mass is 35.5. The molecule has 1 aromatic heterocycles. The van der Waals surface area contributed by atoms with Gasteiger partial charge >= 0.3 is 0 Å². The minimum atomic E-state index is -0.932. The fourth-order valence-electron chi connectivity index (χ4n) is 1.85. The number of hydrogen-bond acceptors (Lipinski definition) is 1. The Labute approximate surface area is 120 Å². The lowest BCUT2D eigenvalue weighted by atomic mass is 10.1. The monoisotopic (exact) mass is 298 g/mol. The predicted molar refractivity (Wildman–Crippen MR) is 72.7 cm³/mol. The van der Waals surface area contributed by atoms with Crippen LogP contribution in [0.1, 0.15) is 29.0 Å². The molecule has 0 aliphatic rings. The van der Waals surface area contributed by atoms with Crippen LogP contribution in [0.5, 0.6) is 0 Å². The van der Waals surface area contributed by atoms with Crippen LogP contribution in [0, 0.1) is 11.6 Å². The van der Waals surface area contributed by atoms with Crippen molar-refractivity contribution in [2.24, 2.45) is 0 Å². The highest BCUT2D eigenvalue weighted by Crippen LogP contribution is 2.23. The number of rotatable bonds is 3. The van der Waals surface area contributed by atoms with Crippen LogP contribution in [0.15, 0.2) is 30.5 Å². The van der Waals surface area contributed by atoms with E-state index in [9.17, 15) is 13.6 Å². The standard InChI is InChI=1S/C14H13ClF2N2O/c1-8(9-3-4-11(16)12(17)5-9)19(2)14(20)13-6-10(15)7-18-13/h3-8,18H,1-2H3/t8-/m1/s1. The maximum atomic E-state index is 13.2. The molecular weight excluding hydrogens is 286 g/mol. The van der Waals surface area contributed by atoms with E-state index in [1.165, 1.54) is 23.2 Å². The van der Waals surface area contributed by atoms with Gasteiger partial charge in [0.1, 0.15) is 5.69 Å². The Balaban J connectivity index is 2.21. The number of H-pyrrole nitrogens is 1. The van der Waals surface area contributed by atoms with E-state index < -0.39 is 17.7 Å². The number of benzene rings is 1. The first kappa shape index (κ1) is 14.5. The van der Waals surface area contributed by atoms with Crippen LogP contribution in [0.2, 0.25) is 5.02 Å². The van der Waals surface area contributed by atoms with Crippen LogP contribution in [0.25, 0.3) is 0 Å². The second-order valence-corrected chi connectivity index (χ2v) is 4.93. The number of halogens is 3. The quantitative estimate of drug-likeness (QED) is 0.920. The molecule has 0 fully saturated rings. The summed E-state index contributed by atoms with van der Waals surface area (Å²) < 4.78 is 26.1. The summed E-state index contributed by atoms with van der Waals surface area (Å²) in [5, 5.41) is 0.433. The van der Waals surface area contributed by atoms with Gasteiger partial charge in [0.25, 0.3) is 5.91 Å². The third-order valence-electron chi connectivity index (χ3n) is 3.21. The summed E-state index contributed by atoms with van der Waals surface area (Å²) >= 11 is 5.75. The molecular formula is C14H13ClF2N2O. The van der Waals surface area contributed by atoms with Gasteiger partial charge in [0.05, 0.1) is 11.1 Å². The average Bonchev–Trinajstić information content (AvgIpc) is 2.86. The molecule has 106 valence electrons. The van der Waals surface area contributed by atoms with E-state index in [0.29, 0.717) is 16.3 Å². The van der Waals surface area contributed by atoms with E-state index in [-0.39, 0.29) is 5.91 Å². The van der Waals surface area contributed by atoms with E-state index in [4.69, 9.17) is 11.6 Å². The summed E-state index contributed by atoms with van der Waals surface area (Å²) in [6.45, 7) is 1.73. The Bertz CT molecular complexity index is 642. The van der Waals surface area contributed by atoms with Gasteiger partial charge in [-0.3, -0.25) is 4.79 Å². The highest BCUT2D eigenvalue weighted by molar-refractivity contribution is 6.30. The molecule has 6 heteroatoms. The summed E-state index contributed by atoms with van der Waals surface area (Å²) in [5.74, 6) is -2.13. The molecule has 1 amide bonds. The molecule has 0 bridgehead atoms. The van der Waals surface area contributed by atoms with Gasteiger partial charge in [-0.25, -0.2) is 8.78 Å². The zero-order valence-corrected chi connectivity index (χ0v) is 11.7. The number of nitrogens with zero attached hydrogens (tertiary/aromatic N) is 1. The van der Waals surface area contributed by atoms with Gasteiger partial charge < -0.3 is 9.88 Å². The summed E-state index contributed by atoms with van der Waals surface area (Å²) in [6.07, 6.45) is 1.50. The lowest BCUT2D eigenvalue weighted by Gasteiger charge is -2.25. The maximum Gasteiger partial charge on any atom is 0.270 e. The van der Waals surface area contributed by atoms with Gasteiger partial charge in [0.15, 0.2) is 11.6 Å². The van der Waals surface area contributed by atoms with Crippen molar-refractivity contribution in [1.82, 2.24) is 9.88 Å². The van der Waals surface area contributed by atoms with E-state index in [0.717, 1.165) is 12.1 Å². The minimum Gasteiger partial charge on any atom is -0.356 e. The molecule has 1 atom stereocenters. The Kier molecular flexibility index (Phi) is 4.09. The Hall–Kier alpha value is -1.88. The molecule has 2 aromatic rings. The largest absolute Gasteiger partial charge is 0.356 e. The summed E-state index contributed by atoms with van der Waals surface area (Å²) in [4.78, 5) is 16.4. The predicted octanol–water partition coefficient (Wildman–Crippen LogP) is 3.78. The molecule has 0 radical (unpaired) electrons. The van der Waals surface area contributed by atoms with Crippen molar-refractivity contribution in [3.63, 3.8) is 0 Å². The van der Waals surface area contributed by atoms with Crippen molar-refractivity contribution in [3.8, 4) is 0 Å². The first-order valence-corrected chi connectivity index (χ1v) is 6.34. The molecule has 2 rings (SSSR count). The highest BCUT2D eigenvalue weighted by Gasteiger charge is 2.21. The zero-order valence-electron chi connectivity index (χ0n) is 11.0. The van der Waals surface area contributed by atoms with Crippen LogP contribution in [0.3, 0.4) is 0 Å². The Morgan fingerprint density at radius 1 is 1.30 bits per heavy atom. The van der Waals surface area contributed by atoms with Gasteiger partial charge in [0.2, 0.25) is 0 Å². The lowest BCUT2D eigenvalue weighted by Crippen LogP contribution is -2.30. The van der Waals surface area contributed by atoms with Crippen molar-refractivity contribution in [3.05, 3.63) is 58.4 Å².